The maximum absolute atomic E-state index is 13.0. The zero-order valence-electron chi connectivity index (χ0n) is 15.2. The first-order valence-corrected chi connectivity index (χ1v) is 8.98. The summed E-state index contributed by atoms with van der Waals surface area (Å²) in [4.78, 5) is 20.0. The van der Waals surface area contributed by atoms with Crippen molar-refractivity contribution >= 4 is 11.7 Å². The number of aromatic nitrogens is 2. The number of hydrogen-bond donors (Lipinski definition) is 2. The first kappa shape index (κ1) is 20.4. The zero-order chi connectivity index (χ0) is 20.9. The predicted molar refractivity (Wildman–Crippen MR) is 97.0 cm³/mol. The summed E-state index contributed by atoms with van der Waals surface area (Å²) in [5.41, 5.74) is -1.08. The lowest BCUT2D eigenvalue weighted by Crippen LogP contribution is -2.42. The number of rotatable bonds is 4. The number of amides is 2. The third-order valence-electron chi connectivity index (χ3n) is 4.54. The molecule has 152 valence electrons. The lowest BCUT2D eigenvalue weighted by Gasteiger charge is -2.29. The van der Waals surface area contributed by atoms with Crippen LogP contribution in [-0.2, 0) is 6.18 Å². The van der Waals surface area contributed by atoms with Crippen LogP contribution in [0.4, 0.5) is 23.7 Å². The van der Waals surface area contributed by atoms with Crippen molar-refractivity contribution < 1.29 is 22.7 Å². The predicted octanol–water partition coefficient (Wildman–Crippen LogP) is 3.88. The van der Waals surface area contributed by atoms with E-state index in [-0.39, 0.29) is 29.4 Å². The highest BCUT2D eigenvalue weighted by Gasteiger charge is 2.33. The van der Waals surface area contributed by atoms with Gasteiger partial charge in [-0.15, -0.1) is 0 Å². The molecule has 29 heavy (non-hydrogen) atoms. The minimum absolute atomic E-state index is 0.107. The molecular weight excluding hydrogens is 387 g/mol. The Morgan fingerprint density at radius 3 is 2.52 bits per heavy atom. The molecule has 0 atom stereocenters. The Hall–Kier alpha value is -3.35. The average molecular weight is 405 g/mol. The standard InChI is InChI=1S/C19H18F3N5O2/c20-19(21,22)14-3-1-2-4-15(14)27-18(28)26-12-5-7-13(8-6-12)29-17-16(11-23)24-9-10-25-17/h1-4,9-10,12-13H,5-8H2,(H2,26,27,28). The van der Waals surface area contributed by atoms with Crippen LogP contribution in [-0.4, -0.2) is 28.1 Å². The lowest BCUT2D eigenvalue weighted by atomic mass is 9.93. The van der Waals surface area contributed by atoms with Crippen LogP contribution in [0.1, 0.15) is 36.9 Å². The van der Waals surface area contributed by atoms with Crippen molar-refractivity contribution in [1.82, 2.24) is 15.3 Å². The van der Waals surface area contributed by atoms with Gasteiger partial charge in [-0.05, 0) is 37.8 Å². The molecular formula is C19H18F3N5O2. The van der Waals surface area contributed by atoms with Crippen LogP contribution in [0.3, 0.4) is 0 Å². The van der Waals surface area contributed by atoms with E-state index in [1.165, 1.54) is 30.6 Å². The molecule has 0 radical (unpaired) electrons. The van der Waals surface area contributed by atoms with Gasteiger partial charge in [0.1, 0.15) is 12.2 Å². The Morgan fingerprint density at radius 1 is 1.14 bits per heavy atom. The molecule has 1 aliphatic carbocycles. The van der Waals surface area contributed by atoms with Crippen molar-refractivity contribution in [3.05, 3.63) is 47.9 Å². The number of ether oxygens (including phenoxy) is 1. The average Bonchev–Trinajstić information content (AvgIpc) is 2.69. The van der Waals surface area contributed by atoms with Gasteiger partial charge < -0.3 is 15.4 Å². The summed E-state index contributed by atoms with van der Waals surface area (Å²) in [7, 11) is 0. The topological polar surface area (TPSA) is 99.9 Å². The Bertz CT molecular complexity index is 905. The fraction of sp³-hybridized carbons (Fsp3) is 0.368. The van der Waals surface area contributed by atoms with Crippen LogP contribution in [0.25, 0.3) is 0 Å². The molecule has 1 heterocycles. The van der Waals surface area contributed by atoms with E-state index in [0.29, 0.717) is 25.7 Å². The van der Waals surface area contributed by atoms with E-state index < -0.39 is 17.8 Å². The van der Waals surface area contributed by atoms with Crippen molar-refractivity contribution in [3.63, 3.8) is 0 Å². The molecule has 2 amide bonds. The number of urea groups is 1. The summed E-state index contributed by atoms with van der Waals surface area (Å²) in [6.45, 7) is 0. The van der Waals surface area contributed by atoms with E-state index in [4.69, 9.17) is 10.00 Å². The van der Waals surface area contributed by atoms with Gasteiger partial charge in [0.15, 0.2) is 0 Å². The highest BCUT2D eigenvalue weighted by Crippen LogP contribution is 2.34. The zero-order valence-corrected chi connectivity index (χ0v) is 15.2. The number of nitrogens with zero attached hydrogens (tertiary/aromatic N) is 3. The summed E-state index contributed by atoms with van der Waals surface area (Å²) in [6.07, 6.45) is 0.487. The molecule has 0 aliphatic heterocycles. The molecule has 0 unspecified atom stereocenters. The smallest absolute Gasteiger partial charge is 0.418 e. The monoisotopic (exact) mass is 405 g/mol. The van der Waals surface area contributed by atoms with Gasteiger partial charge in [0.2, 0.25) is 5.69 Å². The molecule has 1 fully saturated rings. The van der Waals surface area contributed by atoms with Gasteiger partial charge in [0, 0.05) is 18.4 Å². The van der Waals surface area contributed by atoms with Crippen molar-refractivity contribution in [1.29, 1.82) is 5.26 Å². The van der Waals surface area contributed by atoms with Gasteiger partial charge in [0.25, 0.3) is 5.88 Å². The summed E-state index contributed by atoms with van der Waals surface area (Å²) in [6, 6.07) is 5.85. The summed E-state index contributed by atoms with van der Waals surface area (Å²) in [5, 5.41) is 14.0. The molecule has 0 bridgehead atoms. The summed E-state index contributed by atoms with van der Waals surface area (Å²) < 4.78 is 44.8. The van der Waals surface area contributed by atoms with E-state index >= 15 is 0 Å². The van der Waals surface area contributed by atoms with Crippen molar-refractivity contribution in [2.45, 2.75) is 44.0 Å². The quantitative estimate of drug-likeness (QED) is 0.804. The molecule has 7 nitrogen and oxygen atoms in total. The SMILES string of the molecule is N#Cc1nccnc1OC1CCC(NC(=O)Nc2ccccc2C(F)(F)F)CC1. The Balaban J connectivity index is 1.51. The number of anilines is 1. The Morgan fingerprint density at radius 2 is 1.83 bits per heavy atom. The number of nitrogens with one attached hydrogen (secondary N) is 2. The van der Waals surface area contributed by atoms with Crippen molar-refractivity contribution in [3.8, 4) is 11.9 Å². The lowest BCUT2D eigenvalue weighted by molar-refractivity contribution is -0.136. The van der Waals surface area contributed by atoms with Crippen LogP contribution in [0.2, 0.25) is 0 Å². The molecule has 2 aromatic rings. The number of halogens is 3. The summed E-state index contributed by atoms with van der Waals surface area (Å²) in [5.74, 6) is 0.174. The number of carbonyl (C=O) groups excluding carboxylic acids is 1. The molecule has 1 aromatic heterocycles. The van der Waals surface area contributed by atoms with Gasteiger partial charge >= 0.3 is 12.2 Å². The first-order valence-electron chi connectivity index (χ1n) is 8.98. The Labute approximate surface area is 164 Å². The highest BCUT2D eigenvalue weighted by molar-refractivity contribution is 5.90. The van der Waals surface area contributed by atoms with Crippen LogP contribution in [0, 0.1) is 11.3 Å². The second kappa shape index (κ2) is 8.77. The fourth-order valence-electron chi connectivity index (χ4n) is 3.15. The van der Waals surface area contributed by atoms with Crippen molar-refractivity contribution in [2.75, 3.05) is 5.32 Å². The van der Waals surface area contributed by atoms with Crippen molar-refractivity contribution in [2.24, 2.45) is 0 Å². The summed E-state index contributed by atoms with van der Waals surface area (Å²) >= 11 is 0. The van der Waals surface area contributed by atoms with Gasteiger partial charge in [-0.3, -0.25) is 0 Å². The van der Waals surface area contributed by atoms with Gasteiger partial charge in [-0.25, -0.2) is 14.8 Å². The second-order valence-corrected chi connectivity index (χ2v) is 6.56. The molecule has 0 saturated heterocycles. The molecule has 0 spiro atoms. The second-order valence-electron chi connectivity index (χ2n) is 6.56. The molecule has 1 aliphatic rings. The van der Waals surface area contributed by atoms with Crippen LogP contribution < -0.4 is 15.4 Å². The fourth-order valence-corrected chi connectivity index (χ4v) is 3.15. The van der Waals surface area contributed by atoms with E-state index in [2.05, 4.69) is 20.6 Å². The number of benzene rings is 1. The van der Waals surface area contributed by atoms with Gasteiger partial charge in [-0.2, -0.15) is 18.4 Å². The highest BCUT2D eigenvalue weighted by atomic mass is 19.4. The van der Waals surface area contributed by atoms with Gasteiger partial charge in [-0.1, -0.05) is 12.1 Å². The van der Waals surface area contributed by atoms with Gasteiger partial charge in [0.05, 0.1) is 11.3 Å². The third kappa shape index (κ3) is 5.34. The van der Waals surface area contributed by atoms with E-state index in [1.807, 2.05) is 6.07 Å². The normalized spacial score (nSPS) is 19.1. The maximum atomic E-state index is 13.0. The Kier molecular flexibility index (Phi) is 6.16. The molecule has 3 rings (SSSR count). The number of nitriles is 1. The largest absolute Gasteiger partial charge is 0.472 e. The van der Waals surface area contributed by atoms with E-state index in [0.717, 1.165) is 6.07 Å². The van der Waals surface area contributed by atoms with E-state index in [1.54, 1.807) is 0 Å². The number of alkyl halides is 3. The molecule has 2 N–H and O–H groups in total. The number of hydrogen-bond acceptors (Lipinski definition) is 5. The molecule has 10 heteroatoms. The molecule has 1 saturated carbocycles. The first-order chi connectivity index (χ1) is 13.9. The molecule has 1 aromatic carbocycles. The van der Waals surface area contributed by atoms with Crippen LogP contribution in [0.15, 0.2) is 36.7 Å². The third-order valence-corrected chi connectivity index (χ3v) is 4.54. The maximum Gasteiger partial charge on any atom is 0.418 e. The van der Waals surface area contributed by atoms with Crippen LogP contribution >= 0.6 is 0 Å². The minimum Gasteiger partial charge on any atom is -0.472 e. The number of para-hydroxylation sites is 1. The van der Waals surface area contributed by atoms with Crippen LogP contribution in [0.5, 0.6) is 5.88 Å². The minimum atomic E-state index is -4.55. The number of carbonyl (C=O) groups is 1. The van der Waals surface area contributed by atoms with E-state index in [9.17, 15) is 18.0 Å².